The molecule has 5 nitrogen and oxygen atoms in total. The fourth-order valence-corrected chi connectivity index (χ4v) is 4.08. The molecule has 0 aromatic heterocycles. The number of hydrogen-bond donors (Lipinski definition) is 2. The lowest BCUT2D eigenvalue weighted by molar-refractivity contribution is -0.115. The largest absolute Gasteiger partial charge is 0.504 e. The van der Waals surface area contributed by atoms with Gasteiger partial charge in [-0.1, -0.05) is 12.1 Å². The van der Waals surface area contributed by atoms with Crippen LogP contribution in [0.3, 0.4) is 0 Å². The Labute approximate surface area is 176 Å². The predicted molar refractivity (Wildman–Crippen MR) is 117 cm³/mol. The van der Waals surface area contributed by atoms with Crippen molar-refractivity contribution >= 4 is 79.8 Å². The Bertz CT molecular complexity index is 913. The van der Waals surface area contributed by atoms with Crippen molar-refractivity contribution in [3.05, 3.63) is 54.0 Å². The number of methoxy groups -OCH3 is 1. The number of carbonyl (C=O) groups is 1. The molecule has 1 aliphatic rings. The van der Waals surface area contributed by atoms with E-state index in [1.54, 1.807) is 18.2 Å². The van der Waals surface area contributed by atoms with E-state index in [4.69, 9.17) is 4.74 Å². The van der Waals surface area contributed by atoms with Crippen LogP contribution in [0.25, 0.3) is 6.08 Å². The van der Waals surface area contributed by atoms with E-state index in [0.717, 1.165) is 14.8 Å². The second-order valence-electron chi connectivity index (χ2n) is 4.99. The van der Waals surface area contributed by atoms with Crippen LogP contribution in [0.1, 0.15) is 5.56 Å². The zero-order chi connectivity index (χ0) is 18.0. The lowest BCUT2D eigenvalue weighted by Crippen LogP contribution is -2.19. The first-order valence-electron chi connectivity index (χ1n) is 7.08. The number of halogens is 2. The number of nitrogens with one attached hydrogen (secondary N) is 1. The number of aliphatic imine (C=N–C) groups is 1. The summed E-state index contributed by atoms with van der Waals surface area (Å²) in [5.74, 6) is 0.265. The number of para-hydroxylation sites is 1. The molecule has 2 N–H and O–H groups in total. The van der Waals surface area contributed by atoms with Crippen molar-refractivity contribution in [3.8, 4) is 11.5 Å². The number of phenolic OH excluding ortho intramolecular Hbond substituents is 1. The molecule has 0 saturated carbocycles. The number of carbonyl (C=O) groups excluding carboxylic acids is 1. The number of rotatable bonds is 3. The van der Waals surface area contributed by atoms with Gasteiger partial charge in [0.1, 0.15) is 0 Å². The molecule has 0 spiro atoms. The monoisotopic (exact) mass is 578 g/mol. The predicted octanol–water partition coefficient (Wildman–Crippen LogP) is 4.50. The Morgan fingerprint density at radius 1 is 1.24 bits per heavy atom. The molecule has 1 aliphatic heterocycles. The number of amides is 1. The number of ether oxygens (including phenoxy) is 1. The van der Waals surface area contributed by atoms with Crippen LogP contribution in [-0.2, 0) is 4.79 Å². The third kappa shape index (κ3) is 4.29. The van der Waals surface area contributed by atoms with Crippen molar-refractivity contribution in [2.75, 3.05) is 7.11 Å². The maximum Gasteiger partial charge on any atom is 0.264 e. The molecule has 3 rings (SSSR count). The molecule has 1 heterocycles. The molecule has 1 amide bonds. The van der Waals surface area contributed by atoms with E-state index in [-0.39, 0.29) is 11.7 Å². The van der Waals surface area contributed by atoms with Crippen molar-refractivity contribution in [3.63, 3.8) is 0 Å². The standard InChI is InChI=1S/C17H12I2N2O3S/c1-24-13-7-9(6-11(19)15(13)22)8-14-16(23)21-17(25-14)20-12-5-3-2-4-10(12)18/h2-8,22H,1H3,(H,20,21,23)/b14-8+. The van der Waals surface area contributed by atoms with E-state index < -0.39 is 0 Å². The fraction of sp³-hybridized carbons (Fsp3) is 0.0588. The molecule has 25 heavy (non-hydrogen) atoms. The molecule has 0 unspecified atom stereocenters. The highest BCUT2D eigenvalue weighted by Gasteiger charge is 2.24. The first-order chi connectivity index (χ1) is 12.0. The van der Waals surface area contributed by atoms with E-state index in [9.17, 15) is 9.90 Å². The van der Waals surface area contributed by atoms with Gasteiger partial charge < -0.3 is 15.2 Å². The topological polar surface area (TPSA) is 70.9 Å². The third-order valence-electron chi connectivity index (χ3n) is 3.29. The molecule has 0 radical (unpaired) electrons. The van der Waals surface area contributed by atoms with Gasteiger partial charge in [-0.15, -0.1) is 0 Å². The highest BCUT2D eigenvalue weighted by atomic mass is 127. The van der Waals surface area contributed by atoms with Crippen LogP contribution in [0.2, 0.25) is 0 Å². The van der Waals surface area contributed by atoms with Gasteiger partial charge in [0.2, 0.25) is 0 Å². The summed E-state index contributed by atoms with van der Waals surface area (Å²) in [6.07, 6.45) is 1.75. The molecule has 8 heteroatoms. The van der Waals surface area contributed by atoms with Crippen LogP contribution in [0, 0.1) is 7.14 Å². The number of amidine groups is 1. The van der Waals surface area contributed by atoms with Gasteiger partial charge in [-0.05, 0) is 92.8 Å². The van der Waals surface area contributed by atoms with Crippen LogP contribution in [-0.4, -0.2) is 23.3 Å². The molecule has 0 atom stereocenters. The minimum atomic E-state index is -0.197. The number of benzene rings is 2. The van der Waals surface area contributed by atoms with Gasteiger partial charge in [-0.25, -0.2) is 4.99 Å². The average molecular weight is 578 g/mol. The minimum Gasteiger partial charge on any atom is -0.504 e. The summed E-state index contributed by atoms with van der Waals surface area (Å²) >= 11 is 5.51. The van der Waals surface area contributed by atoms with Crippen molar-refractivity contribution in [1.82, 2.24) is 5.32 Å². The lowest BCUT2D eigenvalue weighted by Gasteiger charge is -2.06. The van der Waals surface area contributed by atoms with Gasteiger partial charge in [0, 0.05) is 3.57 Å². The van der Waals surface area contributed by atoms with Crippen molar-refractivity contribution in [1.29, 1.82) is 0 Å². The molecule has 0 aliphatic carbocycles. The maximum absolute atomic E-state index is 12.2. The van der Waals surface area contributed by atoms with Crippen molar-refractivity contribution < 1.29 is 14.6 Å². The van der Waals surface area contributed by atoms with Gasteiger partial charge in [0.25, 0.3) is 5.91 Å². The molecular formula is C17H12I2N2O3S. The lowest BCUT2D eigenvalue weighted by atomic mass is 10.2. The number of phenols is 1. The zero-order valence-corrected chi connectivity index (χ0v) is 18.0. The SMILES string of the molecule is COc1cc(/C=C2/SC(=Nc3ccccc3I)NC2=O)cc(I)c1O. The van der Waals surface area contributed by atoms with Gasteiger partial charge in [0.15, 0.2) is 16.7 Å². The third-order valence-corrected chi connectivity index (χ3v) is 5.94. The Balaban J connectivity index is 1.90. The summed E-state index contributed by atoms with van der Waals surface area (Å²) in [5, 5.41) is 13.2. The molecule has 128 valence electrons. The quantitative estimate of drug-likeness (QED) is 0.416. The Morgan fingerprint density at radius 3 is 2.72 bits per heavy atom. The molecule has 1 saturated heterocycles. The molecule has 2 aromatic rings. The zero-order valence-electron chi connectivity index (χ0n) is 12.9. The van der Waals surface area contributed by atoms with Gasteiger partial charge in [-0.3, -0.25) is 4.79 Å². The van der Waals surface area contributed by atoms with E-state index in [1.165, 1.54) is 18.9 Å². The Kier molecular flexibility index (Phi) is 5.89. The first kappa shape index (κ1) is 18.5. The normalized spacial score (nSPS) is 17.2. The van der Waals surface area contributed by atoms with Crippen LogP contribution in [0.5, 0.6) is 11.5 Å². The highest BCUT2D eigenvalue weighted by molar-refractivity contribution is 14.1. The van der Waals surface area contributed by atoms with E-state index in [0.29, 0.717) is 19.4 Å². The van der Waals surface area contributed by atoms with Crippen LogP contribution < -0.4 is 10.1 Å². The van der Waals surface area contributed by atoms with Gasteiger partial charge >= 0.3 is 0 Å². The summed E-state index contributed by atoms with van der Waals surface area (Å²) < 4.78 is 6.82. The van der Waals surface area contributed by atoms with Crippen LogP contribution in [0.15, 0.2) is 46.3 Å². The van der Waals surface area contributed by atoms with Gasteiger partial charge in [-0.2, -0.15) is 0 Å². The van der Waals surface area contributed by atoms with Crippen LogP contribution >= 0.6 is 56.9 Å². The average Bonchev–Trinajstić information content (AvgIpc) is 2.92. The maximum atomic E-state index is 12.2. The number of nitrogens with zero attached hydrogens (tertiary/aromatic N) is 1. The molecule has 1 fully saturated rings. The van der Waals surface area contributed by atoms with Crippen molar-refractivity contribution in [2.24, 2.45) is 4.99 Å². The highest BCUT2D eigenvalue weighted by Crippen LogP contribution is 2.35. The summed E-state index contributed by atoms with van der Waals surface area (Å²) in [6.45, 7) is 0. The summed E-state index contributed by atoms with van der Waals surface area (Å²) in [4.78, 5) is 17.2. The van der Waals surface area contributed by atoms with E-state index >= 15 is 0 Å². The fourth-order valence-electron chi connectivity index (χ4n) is 2.12. The number of thioether (sulfide) groups is 1. The number of hydrogen-bond acceptors (Lipinski definition) is 5. The Morgan fingerprint density at radius 2 is 2.00 bits per heavy atom. The first-order valence-corrected chi connectivity index (χ1v) is 10.1. The second-order valence-corrected chi connectivity index (χ2v) is 8.34. The minimum absolute atomic E-state index is 0.0923. The summed E-state index contributed by atoms with van der Waals surface area (Å²) in [7, 11) is 1.49. The van der Waals surface area contributed by atoms with E-state index in [1.807, 2.05) is 46.9 Å². The number of aromatic hydroxyl groups is 1. The van der Waals surface area contributed by atoms with Gasteiger partial charge in [0.05, 0.1) is 21.3 Å². The molecule has 2 aromatic carbocycles. The summed E-state index contributed by atoms with van der Waals surface area (Å²) in [6, 6.07) is 11.2. The van der Waals surface area contributed by atoms with Crippen LogP contribution in [0.4, 0.5) is 5.69 Å². The van der Waals surface area contributed by atoms with Crippen molar-refractivity contribution in [2.45, 2.75) is 0 Å². The smallest absolute Gasteiger partial charge is 0.264 e. The van der Waals surface area contributed by atoms with E-state index in [2.05, 4.69) is 32.9 Å². The molecular weight excluding hydrogens is 566 g/mol. The second kappa shape index (κ2) is 7.96. The summed E-state index contributed by atoms with van der Waals surface area (Å²) in [5.41, 5.74) is 1.58. The Hall–Kier alpha value is -1.27. The molecule has 0 bridgehead atoms.